The minimum absolute atomic E-state index is 0.110. The van der Waals surface area contributed by atoms with Crippen molar-refractivity contribution >= 4 is 0 Å². The van der Waals surface area contributed by atoms with Crippen molar-refractivity contribution in [2.24, 2.45) is 0 Å². The van der Waals surface area contributed by atoms with Gasteiger partial charge in [-0.15, -0.1) is 0 Å². The second-order valence-corrected chi connectivity index (χ2v) is 8.62. The molecule has 164 valence electrons. The Bertz CT molecular complexity index is 1390. The van der Waals surface area contributed by atoms with Crippen LogP contribution in [0.15, 0.2) is 63.7 Å². The van der Waals surface area contributed by atoms with Crippen molar-refractivity contribution in [1.82, 2.24) is 13.9 Å². The van der Waals surface area contributed by atoms with Gasteiger partial charge in [0.25, 0.3) is 0 Å². The van der Waals surface area contributed by atoms with Gasteiger partial charge in [0.15, 0.2) is 0 Å². The number of aromatic hydroxyl groups is 1. The van der Waals surface area contributed by atoms with Crippen molar-refractivity contribution in [1.29, 1.82) is 0 Å². The van der Waals surface area contributed by atoms with E-state index in [-0.39, 0.29) is 5.75 Å². The second kappa shape index (κ2) is 6.66. The van der Waals surface area contributed by atoms with E-state index < -0.39 is 23.0 Å². The Hall–Kier alpha value is -3.68. The summed E-state index contributed by atoms with van der Waals surface area (Å²) in [5.74, 6) is 1.24. The Morgan fingerprint density at radius 2 is 1.91 bits per heavy atom. The Kier molecular flexibility index (Phi) is 3.96. The molecular weight excluding hydrogens is 410 g/mol. The molecule has 8 heteroatoms. The normalized spacial score (nSPS) is 20.2. The quantitative estimate of drug-likeness (QED) is 0.628. The first-order chi connectivity index (χ1) is 15.5. The molecule has 3 heterocycles. The Morgan fingerprint density at radius 3 is 2.69 bits per heavy atom. The van der Waals surface area contributed by atoms with Gasteiger partial charge in [-0.05, 0) is 49.9 Å². The summed E-state index contributed by atoms with van der Waals surface area (Å²) in [6, 6.07) is 11.4. The minimum Gasteiger partial charge on any atom is -0.508 e. The van der Waals surface area contributed by atoms with Crippen molar-refractivity contribution < 1.29 is 14.6 Å². The number of rotatable bonds is 2. The van der Waals surface area contributed by atoms with Gasteiger partial charge in [0.2, 0.25) is 0 Å². The number of methoxy groups -OCH3 is 1. The molecule has 1 saturated carbocycles. The Labute approximate surface area is 183 Å². The van der Waals surface area contributed by atoms with Crippen LogP contribution in [0.1, 0.15) is 37.3 Å². The zero-order chi connectivity index (χ0) is 22.0. The van der Waals surface area contributed by atoms with Gasteiger partial charge in [0.1, 0.15) is 28.9 Å². The third kappa shape index (κ3) is 2.49. The lowest BCUT2D eigenvalue weighted by molar-refractivity contribution is 0.0831. The zero-order valence-electron chi connectivity index (χ0n) is 17.7. The van der Waals surface area contributed by atoms with E-state index in [9.17, 15) is 14.7 Å². The number of phenols is 1. The zero-order valence-corrected chi connectivity index (χ0v) is 17.7. The number of benzene rings is 2. The molecule has 0 saturated heterocycles. The summed E-state index contributed by atoms with van der Waals surface area (Å²) in [5, 5.41) is 10.1. The van der Waals surface area contributed by atoms with Gasteiger partial charge in [-0.25, -0.2) is 23.5 Å². The lowest BCUT2D eigenvalue weighted by Gasteiger charge is -2.44. The summed E-state index contributed by atoms with van der Waals surface area (Å²) in [6.07, 6.45) is 5.80. The molecule has 6 rings (SSSR count). The summed E-state index contributed by atoms with van der Waals surface area (Å²) in [6.45, 7) is 0.301. The van der Waals surface area contributed by atoms with Crippen molar-refractivity contribution in [3.8, 4) is 22.9 Å². The number of nitrogens with zero attached hydrogens (tertiary/aromatic N) is 3. The molecule has 1 fully saturated rings. The van der Waals surface area contributed by atoms with E-state index >= 15 is 0 Å². The topological polar surface area (TPSA) is 87.6 Å². The molecule has 0 radical (unpaired) electrons. The summed E-state index contributed by atoms with van der Waals surface area (Å²) >= 11 is 0. The highest BCUT2D eigenvalue weighted by molar-refractivity contribution is 5.51. The maximum atomic E-state index is 13.7. The van der Waals surface area contributed by atoms with E-state index in [0.29, 0.717) is 23.7 Å². The number of fused-ring (bicyclic) bond motifs is 6. The van der Waals surface area contributed by atoms with Gasteiger partial charge in [0.05, 0.1) is 19.3 Å². The van der Waals surface area contributed by atoms with Crippen molar-refractivity contribution in [3.05, 3.63) is 80.6 Å². The monoisotopic (exact) mass is 433 g/mol. The fourth-order valence-electron chi connectivity index (χ4n) is 5.49. The molecule has 1 aliphatic carbocycles. The lowest BCUT2D eigenvalue weighted by atomic mass is 9.79. The molecule has 0 bridgehead atoms. The number of ether oxygens (including phenoxy) is 2. The predicted molar refractivity (Wildman–Crippen MR) is 117 cm³/mol. The average molecular weight is 433 g/mol. The van der Waals surface area contributed by atoms with Crippen LogP contribution < -0.4 is 20.9 Å². The molecule has 0 amide bonds. The molecule has 2 aromatic carbocycles. The second-order valence-electron chi connectivity index (χ2n) is 8.62. The molecule has 8 nitrogen and oxygen atoms in total. The molecule has 1 unspecified atom stereocenters. The molecule has 1 atom stereocenters. The van der Waals surface area contributed by atoms with E-state index in [4.69, 9.17) is 9.47 Å². The molecule has 1 aromatic heterocycles. The maximum Gasteiger partial charge on any atom is 0.352 e. The van der Waals surface area contributed by atoms with Crippen LogP contribution >= 0.6 is 0 Å². The third-order valence-electron chi connectivity index (χ3n) is 6.93. The maximum absolute atomic E-state index is 13.7. The molecule has 1 N–H and O–H groups in total. The average Bonchev–Trinajstić information content (AvgIpc) is 3.36. The van der Waals surface area contributed by atoms with Gasteiger partial charge < -0.3 is 14.6 Å². The van der Waals surface area contributed by atoms with Crippen LogP contribution in [0, 0.1) is 0 Å². The molecule has 3 aromatic rings. The first-order valence-corrected chi connectivity index (χ1v) is 10.8. The third-order valence-corrected chi connectivity index (χ3v) is 6.93. The largest absolute Gasteiger partial charge is 0.508 e. The highest BCUT2D eigenvalue weighted by Crippen LogP contribution is 2.52. The SMILES string of the molecule is COc1cccc(-n2c(=O)n3n(c2=O)C2C(=CC3)C3(CCCC3)Oc3cc(O)ccc32)c1. The first-order valence-electron chi connectivity index (χ1n) is 10.8. The van der Waals surface area contributed by atoms with E-state index in [1.807, 2.05) is 6.08 Å². The molecule has 3 aliphatic rings. The summed E-state index contributed by atoms with van der Waals surface area (Å²) in [4.78, 5) is 27.1. The highest BCUT2D eigenvalue weighted by atomic mass is 16.5. The van der Waals surface area contributed by atoms with Crippen molar-refractivity contribution in [2.45, 2.75) is 43.9 Å². The Morgan fingerprint density at radius 1 is 1.09 bits per heavy atom. The van der Waals surface area contributed by atoms with Gasteiger partial charge >= 0.3 is 11.4 Å². The molecule has 32 heavy (non-hydrogen) atoms. The number of hydrogen-bond donors (Lipinski definition) is 1. The Balaban J connectivity index is 1.61. The van der Waals surface area contributed by atoms with Crippen LogP contribution in [0.4, 0.5) is 0 Å². The van der Waals surface area contributed by atoms with Gasteiger partial charge in [-0.1, -0.05) is 12.1 Å². The highest BCUT2D eigenvalue weighted by Gasteiger charge is 2.50. The molecular formula is C24H23N3O5. The summed E-state index contributed by atoms with van der Waals surface area (Å²) in [7, 11) is 1.55. The summed E-state index contributed by atoms with van der Waals surface area (Å²) < 4.78 is 16.0. The first kappa shape index (κ1) is 19.0. The van der Waals surface area contributed by atoms with Crippen LogP contribution in [0.5, 0.6) is 17.2 Å². The van der Waals surface area contributed by atoms with Gasteiger partial charge in [-0.2, -0.15) is 0 Å². The summed E-state index contributed by atoms with van der Waals surface area (Å²) in [5.41, 5.74) is 0.940. The van der Waals surface area contributed by atoms with E-state index in [2.05, 4.69) is 0 Å². The minimum atomic E-state index is -0.510. The van der Waals surface area contributed by atoms with Crippen LogP contribution in [-0.2, 0) is 6.54 Å². The molecule has 1 spiro atoms. The van der Waals surface area contributed by atoms with E-state index in [1.54, 1.807) is 54.3 Å². The van der Waals surface area contributed by atoms with Gasteiger partial charge in [0, 0.05) is 23.3 Å². The number of allylic oxidation sites excluding steroid dienone is 1. The van der Waals surface area contributed by atoms with Crippen LogP contribution in [-0.4, -0.2) is 31.7 Å². The van der Waals surface area contributed by atoms with Crippen molar-refractivity contribution in [3.63, 3.8) is 0 Å². The number of hydrogen-bond acceptors (Lipinski definition) is 5. The van der Waals surface area contributed by atoms with Crippen LogP contribution in [0.3, 0.4) is 0 Å². The fourth-order valence-corrected chi connectivity index (χ4v) is 5.49. The van der Waals surface area contributed by atoms with Crippen molar-refractivity contribution in [2.75, 3.05) is 7.11 Å². The number of aromatic nitrogens is 3. The van der Waals surface area contributed by atoms with Crippen LogP contribution in [0.2, 0.25) is 0 Å². The number of phenolic OH excluding ortho intramolecular Hbond substituents is 1. The fraction of sp³-hybridized carbons (Fsp3) is 0.333. The molecule has 2 aliphatic heterocycles. The van der Waals surface area contributed by atoms with Crippen LogP contribution in [0.25, 0.3) is 5.69 Å². The van der Waals surface area contributed by atoms with E-state index in [1.165, 1.54) is 9.25 Å². The van der Waals surface area contributed by atoms with E-state index in [0.717, 1.165) is 36.8 Å². The lowest BCUT2D eigenvalue weighted by Crippen LogP contribution is -2.48. The smallest absolute Gasteiger partial charge is 0.352 e. The predicted octanol–water partition coefficient (Wildman–Crippen LogP) is 2.75. The standard InChI is InChI=1S/C24H23N3O5/c1-31-17-6-4-5-15(13-17)26-22(29)25-12-9-19-21(27(25)23(26)30)18-8-7-16(28)14-20(18)32-24(19)10-2-3-11-24/h4-9,13-14,21,28H,2-3,10-12H2,1H3. The van der Waals surface area contributed by atoms with Gasteiger partial charge in [-0.3, -0.25) is 0 Å².